The maximum absolute atomic E-state index is 12.2. The van der Waals surface area contributed by atoms with Crippen molar-refractivity contribution in [2.75, 3.05) is 6.61 Å². The van der Waals surface area contributed by atoms with Crippen LogP contribution in [-0.2, 0) is 23.1 Å². The van der Waals surface area contributed by atoms with Crippen molar-refractivity contribution in [2.45, 2.75) is 53.0 Å². The van der Waals surface area contributed by atoms with Crippen LogP contribution >= 0.6 is 0 Å². The van der Waals surface area contributed by atoms with E-state index in [-0.39, 0.29) is 11.4 Å². The molecule has 23 heavy (non-hydrogen) atoms. The highest BCUT2D eigenvalue weighted by Gasteiger charge is 2.25. The standard InChI is InChI=1S/C20H27NO2/c1-6-23-19(22)17-14-18(20(3,4)5)21(15(17)2)13-12-16-10-8-7-9-11-16/h7-11,14H,6,12-13H2,1-5H3. The molecule has 0 aliphatic heterocycles. The van der Waals surface area contributed by atoms with Crippen molar-refractivity contribution in [1.29, 1.82) is 0 Å². The van der Waals surface area contributed by atoms with Gasteiger partial charge in [-0.15, -0.1) is 0 Å². The molecule has 0 unspecified atom stereocenters. The third kappa shape index (κ3) is 4.04. The van der Waals surface area contributed by atoms with E-state index in [9.17, 15) is 4.79 Å². The Kier molecular flexibility index (Phi) is 5.30. The normalized spacial score (nSPS) is 11.5. The molecule has 0 aliphatic rings. The van der Waals surface area contributed by atoms with Gasteiger partial charge in [0.05, 0.1) is 12.2 Å². The lowest BCUT2D eigenvalue weighted by Crippen LogP contribution is -2.19. The number of benzene rings is 1. The number of ether oxygens (including phenoxy) is 1. The number of aryl methyl sites for hydroxylation is 1. The van der Waals surface area contributed by atoms with Crippen molar-refractivity contribution < 1.29 is 9.53 Å². The number of esters is 1. The minimum Gasteiger partial charge on any atom is -0.462 e. The lowest BCUT2D eigenvalue weighted by molar-refractivity contribution is 0.0525. The lowest BCUT2D eigenvalue weighted by Gasteiger charge is -2.22. The van der Waals surface area contributed by atoms with Gasteiger partial charge in [0.2, 0.25) is 0 Å². The third-order valence-corrected chi connectivity index (χ3v) is 4.10. The molecule has 0 radical (unpaired) electrons. The number of hydrogen-bond acceptors (Lipinski definition) is 2. The lowest BCUT2D eigenvalue weighted by atomic mass is 9.91. The molecule has 3 nitrogen and oxygen atoms in total. The van der Waals surface area contributed by atoms with Crippen LogP contribution in [0.3, 0.4) is 0 Å². The number of rotatable bonds is 5. The minimum atomic E-state index is -0.228. The molecule has 0 atom stereocenters. The smallest absolute Gasteiger partial charge is 0.339 e. The average Bonchev–Trinajstić information content (AvgIpc) is 2.83. The molecule has 3 heteroatoms. The molecule has 1 heterocycles. The third-order valence-electron chi connectivity index (χ3n) is 4.10. The summed E-state index contributed by atoms with van der Waals surface area (Å²) in [5.74, 6) is -0.228. The highest BCUT2D eigenvalue weighted by Crippen LogP contribution is 2.28. The van der Waals surface area contributed by atoms with Gasteiger partial charge >= 0.3 is 5.97 Å². The second-order valence-electron chi connectivity index (χ2n) is 6.89. The summed E-state index contributed by atoms with van der Waals surface area (Å²) in [5.41, 5.74) is 4.13. The van der Waals surface area contributed by atoms with Gasteiger partial charge in [-0.3, -0.25) is 0 Å². The van der Waals surface area contributed by atoms with Crippen molar-refractivity contribution in [3.8, 4) is 0 Å². The van der Waals surface area contributed by atoms with Gasteiger partial charge in [-0.1, -0.05) is 51.1 Å². The first-order chi connectivity index (χ1) is 10.8. The number of nitrogens with zero attached hydrogens (tertiary/aromatic N) is 1. The zero-order valence-electron chi connectivity index (χ0n) is 14.8. The Morgan fingerprint density at radius 1 is 1.17 bits per heavy atom. The van der Waals surface area contributed by atoms with E-state index in [0.29, 0.717) is 12.2 Å². The first-order valence-electron chi connectivity index (χ1n) is 8.26. The summed E-state index contributed by atoms with van der Waals surface area (Å²) in [6.07, 6.45) is 0.946. The topological polar surface area (TPSA) is 31.2 Å². The maximum Gasteiger partial charge on any atom is 0.339 e. The molecular weight excluding hydrogens is 286 g/mol. The van der Waals surface area contributed by atoms with Gasteiger partial charge in [0.25, 0.3) is 0 Å². The monoisotopic (exact) mass is 313 g/mol. The molecule has 0 spiro atoms. The summed E-state index contributed by atoms with van der Waals surface area (Å²) in [6, 6.07) is 12.4. The Balaban J connectivity index is 2.34. The number of hydrogen-bond donors (Lipinski definition) is 0. The Hall–Kier alpha value is -2.03. The van der Waals surface area contributed by atoms with Gasteiger partial charge < -0.3 is 9.30 Å². The SMILES string of the molecule is CCOC(=O)c1cc(C(C)(C)C)n(CCc2ccccc2)c1C. The summed E-state index contributed by atoms with van der Waals surface area (Å²) < 4.78 is 7.46. The maximum atomic E-state index is 12.2. The van der Waals surface area contributed by atoms with Crippen LogP contribution in [0.1, 0.15) is 55.0 Å². The van der Waals surface area contributed by atoms with Crippen LogP contribution in [0.25, 0.3) is 0 Å². The van der Waals surface area contributed by atoms with E-state index in [2.05, 4.69) is 49.6 Å². The van der Waals surface area contributed by atoms with Gasteiger partial charge in [0.1, 0.15) is 0 Å². The Morgan fingerprint density at radius 2 is 1.83 bits per heavy atom. The van der Waals surface area contributed by atoms with Crippen LogP contribution in [0.15, 0.2) is 36.4 Å². The van der Waals surface area contributed by atoms with Crippen LogP contribution in [-0.4, -0.2) is 17.1 Å². The van der Waals surface area contributed by atoms with Crippen LogP contribution in [0.2, 0.25) is 0 Å². The molecule has 0 bridgehead atoms. The van der Waals surface area contributed by atoms with Gasteiger partial charge in [-0.05, 0) is 31.9 Å². The summed E-state index contributed by atoms with van der Waals surface area (Å²) in [5, 5.41) is 0. The summed E-state index contributed by atoms with van der Waals surface area (Å²) >= 11 is 0. The fourth-order valence-electron chi connectivity index (χ4n) is 2.86. The Bertz CT molecular complexity index is 663. The first-order valence-corrected chi connectivity index (χ1v) is 8.26. The van der Waals surface area contributed by atoms with Gasteiger partial charge in [0, 0.05) is 23.3 Å². The molecule has 124 valence electrons. The van der Waals surface area contributed by atoms with Crippen LogP contribution in [0, 0.1) is 6.92 Å². The second kappa shape index (κ2) is 7.03. The quantitative estimate of drug-likeness (QED) is 0.760. The predicted molar refractivity (Wildman–Crippen MR) is 94.0 cm³/mol. The average molecular weight is 313 g/mol. The number of aromatic nitrogens is 1. The van der Waals surface area contributed by atoms with E-state index >= 15 is 0 Å². The first kappa shape index (κ1) is 17.3. The van der Waals surface area contributed by atoms with Crippen LogP contribution < -0.4 is 0 Å². The molecular formula is C20H27NO2. The zero-order valence-corrected chi connectivity index (χ0v) is 14.8. The van der Waals surface area contributed by atoms with E-state index < -0.39 is 0 Å². The Labute approximate surface area is 139 Å². The fraction of sp³-hybridized carbons (Fsp3) is 0.450. The van der Waals surface area contributed by atoms with Crippen molar-refractivity contribution >= 4 is 5.97 Å². The molecule has 2 rings (SSSR count). The van der Waals surface area contributed by atoms with E-state index in [1.165, 1.54) is 11.3 Å². The number of carbonyl (C=O) groups is 1. The van der Waals surface area contributed by atoms with E-state index in [0.717, 1.165) is 18.7 Å². The molecule has 0 N–H and O–H groups in total. The highest BCUT2D eigenvalue weighted by molar-refractivity contribution is 5.91. The van der Waals surface area contributed by atoms with E-state index in [1.54, 1.807) is 0 Å². The summed E-state index contributed by atoms with van der Waals surface area (Å²) in [6.45, 7) is 11.6. The molecule has 1 aromatic carbocycles. The molecule has 1 aromatic heterocycles. The predicted octanol–water partition coefficient (Wildman–Crippen LogP) is 4.51. The highest BCUT2D eigenvalue weighted by atomic mass is 16.5. The van der Waals surface area contributed by atoms with E-state index in [1.807, 2.05) is 26.0 Å². The van der Waals surface area contributed by atoms with Gasteiger partial charge in [-0.2, -0.15) is 0 Å². The molecule has 0 saturated carbocycles. The van der Waals surface area contributed by atoms with Gasteiger partial charge in [-0.25, -0.2) is 4.79 Å². The summed E-state index contributed by atoms with van der Waals surface area (Å²) in [7, 11) is 0. The number of carbonyl (C=O) groups excluding carboxylic acids is 1. The Morgan fingerprint density at radius 3 is 2.39 bits per heavy atom. The minimum absolute atomic E-state index is 0.0216. The zero-order chi connectivity index (χ0) is 17.0. The van der Waals surface area contributed by atoms with Crippen molar-refractivity contribution in [3.63, 3.8) is 0 Å². The molecule has 0 aliphatic carbocycles. The van der Waals surface area contributed by atoms with E-state index in [4.69, 9.17) is 4.74 Å². The van der Waals surface area contributed by atoms with Crippen LogP contribution in [0.4, 0.5) is 0 Å². The van der Waals surface area contributed by atoms with Crippen molar-refractivity contribution in [3.05, 3.63) is 58.9 Å². The molecule has 0 fully saturated rings. The summed E-state index contributed by atoms with van der Waals surface area (Å²) in [4.78, 5) is 12.2. The van der Waals surface area contributed by atoms with Crippen LogP contribution in [0.5, 0.6) is 0 Å². The molecule has 0 saturated heterocycles. The molecule has 0 amide bonds. The van der Waals surface area contributed by atoms with Crippen molar-refractivity contribution in [2.24, 2.45) is 0 Å². The fourth-order valence-corrected chi connectivity index (χ4v) is 2.86. The van der Waals surface area contributed by atoms with Gasteiger partial charge in [0.15, 0.2) is 0 Å². The second-order valence-corrected chi connectivity index (χ2v) is 6.89. The largest absolute Gasteiger partial charge is 0.462 e. The van der Waals surface area contributed by atoms with Crippen molar-refractivity contribution in [1.82, 2.24) is 4.57 Å². The molecule has 2 aromatic rings.